The zero-order valence-corrected chi connectivity index (χ0v) is 7.57. The standard InChI is InChI=1S/C11H13NO/c13-11(6-9-3-4-9)7-10-2-1-5-12-8-10/h1-2,5,8-9H,3-4,6-7H2. The van der Waals surface area contributed by atoms with Crippen LogP contribution in [0.25, 0.3) is 0 Å². The van der Waals surface area contributed by atoms with E-state index < -0.39 is 0 Å². The summed E-state index contributed by atoms with van der Waals surface area (Å²) in [6.45, 7) is 0. The first-order valence-electron chi connectivity index (χ1n) is 4.75. The van der Waals surface area contributed by atoms with E-state index in [-0.39, 0.29) is 0 Å². The number of nitrogens with zero attached hydrogens (tertiary/aromatic N) is 1. The van der Waals surface area contributed by atoms with Crippen molar-refractivity contribution in [3.63, 3.8) is 0 Å². The van der Waals surface area contributed by atoms with Crippen molar-refractivity contribution in [2.24, 2.45) is 5.92 Å². The fourth-order valence-electron chi connectivity index (χ4n) is 1.45. The number of carbonyl (C=O) groups is 1. The van der Waals surface area contributed by atoms with Gasteiger partial charge < -0.3 is 0 Å². The Morgan fingerprint density at radius 2 is 2.38 bits per heavy atom. The fourth-order valence-corrected chi connectivity index (χ4v) is 1.45. The zero-order valence-electron chi connectivity index (χ0n) is 7.57. The average Bonchev–Trinajstić information content (AvgIpc) is 2.90. The van der Waals surface area contributed by atoms with Crippen LogP contribution in [-0.2, 0) is 11.2 Å². The second-order valence-electron chi connectivity index (χ2n) is 3.72. The molecule has 0 spiro atoms. The molecule has 1 aliphatic carbocycles. The first-order valence-corrected chi connectivity index (χ1v) is 4.75. The first kappa shape index (κ1) is 8.42. The van der Waals surface area contributed by atoms with Crippen molar-refractivity contribution >= 4 is 5.78 Å². The highest BCUT2D eigenvalue weighted by molar-refractivity contribution is 5.81. The molecule has 0 aromatic carbocycles. The van der Waals surface area contributed by atoms with E-state index in [1.54, 1.807) is 12.4 Å². The highest BCUT2D eigenvalue weighted by Gasteiger charge is 2.24. The molecule has 1 fully saturated rings. The van der Waals surface area contributed by atoms with Crippen molar-refractivity contribution in [2.45, 2.75) is 25.7 Å². The quantitative estimate of drug-likeness (QED) is 0.700. The van der Waals surface area contributed by atoms with Crippen LogP contribution in [-0.4, -0.2) is 10.8 Å². The van der Waals surface area contributed by atoms with Crippen LogP contribution in [0.4, 0.5) is 0 Å². The third kappa shape index (κ3) is 2.65. The molecule has 68 valence electrons. The van der Waals surface area contributed by atoms with Gasteiger partial charge in [0.2, 0.25) is 0 Å². The Hall–Kier alpha value is -1.18. The molecule has 0 saturated heterocycles. The van der Waals surface area contributed by atoms with Gasteiger partial charge in [0.1, 0.15) is 5.78 Å². The molecule has 0 N–H and O–H groups in total. The van der Waals surface area contributed by atoms with Crippen LogP contribution in [0.3, 0.4) is 0 Å². The summed E-state index contributed by atoms with van der Waals surface area (Å²) in [6.07, 6.45) is 7.33. The Morgan fingerprint density at radius 3 is 3.00 bits per heavy atom. The van der Waals surface area contributed by atoms with E-state index in [9.17, 15) is 4.79 Å². The molecular weight excluding hydrogens is 162 g/mol. The number of aromatic nitrogens is 1. The topological polar surface area (TPSA) is 30.0 Å². The normalized spacial score (nSPS) is 15.7. The van der Waals surface area contributed by atoms with E-state index in [2.05, 4.69) is 4.98 Å². The maximum Gasteiger partial charge on any atom is 0.137 e. The SMILES string of the molecule is O=C(Cc1cccnc1)CC1CC1. The molecule has 2 rings (SSSR count). The minimum absolute atomic E-state index is 0.357. The second-order valence-corrected chi connectivity index (χ2v) is 3.72. The van der Waals surface area contributed by atoms with Gasteiger partial charge in [0.15, 0.2) is 0 Å². The Labute approximate surface area is 78.0 Å². The lowest BCUT2D eigenvalue weighted by atomic mass is 10.1. The van der Waals surface area contributed by atoms with Gasteiger partial charge in [-0.3, -0.25) is 9.78 Å². The molecule has 2 nitrogen and oxygen atoms in total. The molecule has 0 bridgehead atoms. The van der Waals surface area contributed by atoms with Crippen molar-refractivity contribution in [1.29, 1.82) is 0 Å². The summed E-state index contributed by atoms with van der Waals surface area (Å²) in [4.78, 5) is 15.4. The fraction of sp³-hybridized carbons (Fsp3) is 0.455. The largest absolute Gasteiger partial charge is 0.299 e. The lowest BCUT2D eigenvalue weighted by molar-refractivity contribution is -0.118. The number of Topliss-reactive ketones (excluding diaryl/α,β-unsaturated/α-hetero) is 1. The van der Waals surface area contributed by atoms with E-state index in [1.807, 2.05) is 12.1 Å². The number of hydrogen-bond acceptors (Lipinski definition) is 2. The molecule has 0 aliphatic heterocycles. The second kappa shape index (κ2) is 3.69. The van der Waals surface area contributed by atoms with E-state index in [0.29, 0.717) is 18.1 Å². The van der Waals surface area contributed by atoms with Crippen molar-refractivity contribution in [2.75, 3.05) is 0 Å². The van der Waals surface area contributed by atoms with Gasteiger partial charge in [0, 0.05) is 25.2 Å². The van der Waals surface area contributed by atoms with Gasteiger partial charge in [0.25, 0.3) is 0 Å². The summed E-state index contributed by atoms with van der Waals surface area (Å²) < 4.78 is 0. The molecule has 1 heterocycles. The van der Waals surface area contributed by atoms with E-state index in [4.69, 9.17) is 0 Å². The summed E-state index contributed by atoms with van der Waals surface area (Å²) in [5.41, 5.74) is 1.04. The Bertz CT molecular complexity index is 290. The van der Waals surface area contributed by atoms with Gasteiger partial charge in [-0.2, -0.15) is 0 Å². The summed E-state index contributed by atoms with van der Waals surface area (Å²) in [7, 11) is 0. The van der Waals surface area contributed by atoms with Gasteiger partial charge >= 0.3 is 0 Å². The maximum absolute atomic E-state index is 11.4. The summed E-state index contributed by atoms with van der Waals surface area (Å²) >= 11 is 0. The summed E-state index contributed by atoms with van der Waals surface area (Å²) in [6, 6.07) is 3.83. The van der Waals surface area contributed by atoms with Gasteiger partial charge in [0.05, 0.1) is 0 Å². The smallest absolute Gasteiger partial charge is 0.137 e. The van der Waals surface area contributed by atoms with Crippen molar-refractivity contribution in [3.05, 3.63) is 30.1 Å². The molecular formula is C11H13NO. The lowest BCUT2D eigenvalue weighted by Gasteiger charge is -1.98. The van der Waals surface area contributed by atoms with Crippen LogP contribution in [0.5, 0.6) is 0 Å². The third-order valence-electron chi connectivity index (χ3n) is 2.34. The average molecular weight is 175 g/mol. The van der Waals surface area contributed by atoms with Crippen LogP contribution in [0.15, 0.2) is 24.5 Å². The van der Waals surface area contributed by atoms with Crippen molar-refractivity contribution < 1.29 is 4.79 Å². The summed E-state index contributed by atoms with van der Waals surface area (Å²) in [5, 5.41) is 0. The molecule has 2 heteroatoms. The molecule has 1 aliphatic rings. The van der Waals surface area contributed by atoms with Crippen LogP contribution in [0.1, 0.15) is 24.8 Å². The third-order valence-corrected chi connectivity index (χ3v) is 2.34. The van der Waals surface area contributed by atoms with Gasteiger partial charge in [-0.15, -0.1) is 0 Å². The monoisotopic (exact) mass is 175 g/mol. The molecule has 1 saturated carbocycles. The molecule has 0 atom stereocenters. The highest BCUT2D eigenvalue weighted by Crippen LogP contribution is 2.32. The minimum Gasteiger partial charge on any atom is -0.299 e. The molecule has 0 amide bonds. The van der Waals surface area contributed by atoms with E-state index in [0.717, 1.165) is 12.0 Å². The molecule has 0 unspecified atom stereocenters. The van der Waals surface area contributed by atoms with Gasteiger partial charge in [-0.05, 0) is 30.4 Å². The lowest BCUT2D eigenvalue weighted by Crippen LogP contribution is -2.03. The van der Waals surface area contributed by atoms with Crippen LogP contribution in [0.2, 0.25) is 0 Å². The van der Waals surface area contributed by atoms with Gasteiger partial charge in [-0.25, -0.2) is 0 Å². The van der Waals surface area contributed by atoms with E-state index in [1.165, 1.54) is 12.8 Å². The Balaban J connectivity index is 1.86. The predicted octanol–water partition coefficient (Wildman–Crippen LogP) is 1.99. The predicted molar refractivity (Wildman–Crippen MR) is 50.3 cm³/mol. The number of pyridine rings is 1. The van der Waals surface area contributed by atoms with Crippen molar-refractivity contribution in [1.82, 2.24) is 4.98 Å². The van der Waals surface area contributed by atoms with Crippen LogP contribution < -0.4 is 0 Å². The first-order chi connectivity index (χ1) is 6.34. The van der Waals surface area contributed by atoms with E-state index >= 15 is 0 Å². The van der Waals surface area contributed by atoms with Crippen molar-refractivity contribution in [3.8, 4) is 0 Å². The molecule has 0 radical (unpaired) electrons. The number of hydrogen-bond donors (Lipinski definition) is 0. The van der Waals surface area contributed by atoms with Crippen LogP contribution >= 0.6 is 0 Å². The molecule has 1 aromatic heterocycles. The Morgan fingerprint density at radius 1 is 1.54 bits per heavy atom. The molecule has 13 heavy (non-hydrogen) atoms. The number of ketones is 1. The van der Waals surface area contributed by atoms with Gasteiger partial charge in [-0.1, -0.05) is 6.07 Å². The maximum atomic E-state index is 11.4. The number of carbonyl (C=O) groups excluding carboxylic acids is 1. The zero-order chi connectivity index (χ0) is 9.10. The Kier molecular flexibility index (Phi) is 2.39. The molecule has 1 aromatic rings. The minimum atomic E-state index is 0.357. The highest BCUT2D eigenvalue weighted by atomic mass is 16.1. The number of rotatable bonds is 4. The van der Waals surface area contributed by atoms with Crippen LogP contribution in [0, 0.1) is 5.92 Å². The summed E-state index contributed by atoms with van der Waals surface area (Å²) in [5.74, 6) is 1.06.